The van der Waals surface area contributed by atoms with E-state index in [9.17, 15) is 0 Å². The predicted octanol–water partition coefficient (Wildman–Crippen LogP) is 10.2. The van der Waals surface area contributed by atoms with Gasteiger partial charge in [-0.15, -0.1) is 0 Å². The molecule has 1 nitrogen and oxygen atoms in total. The lowest BCUT2D eigenvalue weighted by Gasteiger charge is -2.14. The number of nitrogens with one attached hydrogen (secondary N) is 1. The van der Waals surface area contributed by atoms with Crippen LogP contribution in [0.15, 0.2) is 158 Å². The zero-order valence-electron chi connectivity index (χ0n) is 23.8. The Balaban J connectivity index is 1.48. The van der Waals surface area contributed by atoms with Gasteiger partial charge in [-0.3, -0.25) is 0 Å². The summed E-state index contributed by atoms with van der Waals surface area (Å²) in [7, 11) is 0. The predicted molar refractivity (Wildman–Crippen MR) is 184 cm³/mol. The number of hydrogen-bond acceptors (Lipinski definition) is 1. The highest BCUT2D eigenvalue weighted by molar-refractivity contribution is 6.15. The quantitative estimate of drug-likeness (QED) is 0.190. The van der Waals surface area contributed by atoms with Crippen molar-refractivity contribution in [3.8, 4) is 0 Å². The molecule has 0 bridgehead atoms. The molecule has 6 aromatic rings. The lowest BCUT2D eigenvalue weighted by Crippen LogP contribution is -2.04. The van der Waals surface area contributed by atoms with Gasteiger partial charge < -0.3 is 5.32 Å². The van der Waals surface area contributed by atoms with Gasteiger partial charge in [0.15, 0.2) is 0 Å². The van der Waals surface area contributed by atoms with Crippen LogP contribution in [0.1, 0.15) is 22.3 Å². The van der Waals surface area contributed by atoms with Crippen LogP contribution in [-0.2, 0) is 0 Å². The number of rotatable bonds is 8. The van der Waals surface area contributed by atoms with Gasteiger partial charge >= 0.3 is 0 Å². The van der Waals surface area contributed by atoms with Crippen LogP contribution < -0.4 is 10.5 Å². The number of aryl methyl sites for hydroxylation is 1. The summed E-state index contributed by atoms with van der Waals surface area (Å²) >= 11 is 0. The van der Waals surface area contributed by atoms with Crippen molar-refractivity contribution in [2.24, 2.45) is 0 Å². The summed E-state index contributed by atoms with van der Waals surface area (Å²) in [6, 6.07) is 44.8. The normalized spacial score (nSPS) is 12.8. The molecule has 1 N–H and O–H groups in total. The zero-order valence-corrected chi connectivity index (χ0v) is 23.8. The molecule has 0 aromatic heterocycles. The number of hydrogen-bond donors (Lipinski definition) is 1. The fourth-order valence-corrected chi connectivity index (χ4v) is 5.51. The van der Waals surface area contributed by atoms with Crippen LogP contribution in [0, 0.1) is 6.92 Å². The third-order valence-corrected chi connectivity index (χ3v) is 7.61. The number of benzene rings is 6. The molecule has 1 heteroatoms. The SMILES string of the molecule is C=C/C=c1/ccc2c(N/C=C(/C=C(\C=C/c3ccccc3)c3ccccc3)c3ccccc3)ccc3ccc(C)c1c32. The second kappa shape index (κ2) is 12.4. The Bertz CT molecular complexity index is 1990. The third kappa shape index (κ3) is 5.73. The molecule has 0 radical (unpaired) electrons. The molecule has 0 saturated heterocycles. The van der Waals surface area contributed by atoms with Crippen molar-refractivity contribution < 1.29 is 0 Å². The van der Waals surface area contributed by atoms with Crippen molar-refractivity contribution >= 4 is 50.5 Å². The summed E-state index contributed by atoms with van der Waals surface area (Å²) in [5.74, 6) is 0. The molecule has 6 aromatic carbocycles. The monoisotopic (exact) mass is 539 g/mol. The van der Waals surface area contributed by atoms with Gasteiger partial charge in [0.05, 0.1) is 0 Å². The van der Waals surface area contributed by atoms with E-state index in [2.05, 4.69) is 171 Å². The summed E-state index contributed by atoms with van der Waals surface area (Å²) in [6.07, 6.45) is 12.7. The second-order valence-corrected chi connectivity index (χ2v) is 10.4. The molecule has 42 heavy (non-hydrogen) atoms. The Morgan fingerprint density at radius 1 is 0.643 bits per heavy atom. The van der Waals surface area contributed by atoms with Crippen LogP contribution in [0.25, 0.3) is 44.8 Å². The molecule has 0 spiro atoms. The molecule has 6 rings (SSSR count). The van der Waals surface area contributed by atoms with Gasteiger partial charge in [-0.2, -0.15) is 0 Å². The van der Waals surface area contributed by atoms with Crippen molar-refractivity contribution in [3.05, 3.63) is 186 Å². The van der Waals surface area contributed by atoms with Crippen molar-refractivity contribution in [1.82, 2.24) is 0 Å². The van der Waals surface area contributed by atoms with Crippen molar-refractivity contribution in [2.45, 2.75) is 6.92 Å². The van der Waals surface area contributed by atoms with E-state index in [1.165, 1.54) is 37.9 Å². The summed E-state index contributed by atoms with van der Waals surface area (Å²) < 4.78 is 0. The van der Waals surface area contributed by atoms with E-state index in [0.29, 0.717) is 0 Å². The smallest absolute Gasteiger partial charge is 0.0460 e. The molecule has 202 valence electrons. The topological polar surface area (TPSA) is 12.0 Å². The number of allylic oxidation sites excluding steroid dienone is 5. The van der Waals surface area contributed by atoms with Gasteiger partial charge in [0.25, 0.3) is 0 Å². The van der Waals surface area contributed by atoms with Crippen LogP contribution in [0.3, 0.4) is 0 Å². The van der Waals surface area contributed by atoms with Crippen LogP contribution in [-0.4, -0.2) is 0 Å². The van der Waals surface area contributed by atoms with Crippen LogP contribution >= 0.6 is 0 Å². The molecule has 0 heterocycles. The second-order valence-electron chi connectivity index (χ2n) is 10.4. The Morgan fingerprint density at radius 3 is 1.98 bits per heavy atom. The van der Waals surface area contributed by atoms with E-state index < -0.39 is 0 Å². The summed E-state index contributed by atoms with van der Waals surface area (Å²) in [6.45, 7) is 6.12. The van der Waals surface area contributed by atoms with Crippen molar-refractivity contribution in [1.29, 1.82) is 0 Å². The Morgan fingerprint density at radius 2 is 1.29 bits per heavy atom. The zero-order chi connectivity index (χ0) is 28.7. The summed E-state index contributed by atoms with van der Waals surface area (Å²) in [5.41, 5.74) is 8.04. The highest BCUT2D eigenvalue weighted by Gasteiger charge is 2.10. The highest BCUT2D eigenvalue weighted by atomic mass is 14.8. The maximum absolute atomic E-state index is 3.93. The van der Waals surface area contributed by atoms with Gasteiger partial charge in [0, 0.05) is 17.3 Å². The molecule has 0 amide bonds. The van der Waals surface area contributed by atoms with Gasteiger partial charge in [-0.25, -0.2) is 0 Å². The molecule has 0 aliphatic heterocycles. The first kappa shape index (κ1) is 26.8. The molecule has 0 saturated carbocycles. The Labute approximate surface area is 248 Å². The number of anilines is 1. The summed E-state index contributed by atoms with van der Waals surface area (Å²) in [5, 5.41) is 9.87. The van der Waals surface area contributed by atoms with Crippen molar-refractivity contribution in [3.63, 3.8) is 0 Å². The lowest BCUT2D eigenvalue weighted by molar-refractivity contribution is 1.52. The minimum absolute atomic E-state index is 1.08. The minimum Gasteiger partial charge on any atom is -0.361 e. The summed E-state index contributed by atoms with van der Waals surface area (Å²) in [4.78, 5) is 0. The molecule has 0 aliphatic rings. The molecule has 0 fully saturated rings. The first-order chi connectivity index (χ1) is 20.7. The van der Waals surface area contributed by atoms with E-state index in [0.717, 1.165) is 28.0 Å². The third-order valence-electron chi connectivity index (χ3n) is 7.61. The van der Waals surface area contributed by atoms with Crippen molar-refractivity contribution in [2.75, 3.05) is 5.32 Å². The standard InChI is InChI=1S/C41H33N/c1-3-13-34-24-26-38-39(27-25-35-22-20-30(2)40(34)41(35)38)42-29-37(33-18-11-6-12-19-33)28-36(32-16-9-5-10-17-32)23-21-31-14-7-4-8-15-31/h3-29,42H,1H2,2H3/b23-21-,34-13-,36-28+,37-29-. The molecular weight excluding hydrogens is 506 g/mol. The van der Waals surface area contributed by atoms with Gasteiger partial charge in [0.2, 0.25) is 0 Å². The van der Waals surface area contributed by atoms with Gasteiger partial charge in [0.1, 0.15) is 0 Å². The fourth-order valence-electron chi connectivity index (χ4n) is 5.51. The molecule has 0 atom stereocenters. The largest absolute Gasteiger partial charge is 0.361 e. The highest BCUT2D eigenvalue weighted by Crippen LogP contribution is 2.33. The Kier molecular flexibility index (Phi) is 7.92. The van der Waals surface area contributed by atoms with E-state index >= 15 is 0 Å². The molecule has 0 unspecified atom stereocenters. The lowest BCUT2D eigenvalue weighted by atomic mass is 9.94. The maximum atomic E-state index is 3.93. The van der Waals surface area contributed by atoms with Gasteiger partial charge in [-0.1, -0.05) is 152 Å². The Hall–Kier alpha value is -5.40. The van der Waals surface area contributed by atoms with E-state index in [-0.39, 0.29) is 0 Å². The first-order valence-corrected chi connectivity index (χ1v) is 14.3. The average molecular weight is 540 g/mol. The first-order valence-electron chi connectivity index (χ1n) is 14.3. The fraction of sp³-hybridized carbons (Fsp3) is 0.0244. The van der Waals surface area contributed by atoms with E-state index in [1.54, 1.807) is 0 Å². The average Bonchev–Trinajstić information content (AvgIpc) is 3.05. The van der Waals surface area contributed by atoms with E-state index in [4.69, 9.17) is 0 Å². The maximum Gasteiger partial charge on any atom is 0.0460 e. The van der Waals surface area contributed by atoms with Crippen LogP contribution in [0.4, 0.5) is 5.69 Å². The van der Waals surface area contributed by atoms with Crippen LogP contribution in [0.2, 0.25) is 0 Å². The minimum atomic E-state index is 1.08. The molecule has 0 aliphatic carbocycles. The molecular formula is C41H33N. The van der Waals surface area contributed by atoms with E-state index in [1.807, 2.05) is 12.1 Å². The van der Waals surface area contributed by atoms with Gasteiger partial charge in [-0.05, 0) is 73.8 Å². The van der Waals surface area contributed by atoms with Crippen LogP contribution in [0.5, 0.6) is 0 Å².